The van der Waals surface area contributed by atoms with Crippen LogP contribution in [-0.2, 0) is 64.1 Å². The minimum absolute atomic E-state index is 0.103. The molecule has 0 atom stereocenters. The van der Waals surface area contributed by atoms with E-state index in [0.717, 1.165) is 33.4 Å². The van der Waals surface area contributed by atoms with Gasteiger partial charge in [0.2, 0.25) is 11.6 Å². The van der Waals surface area contributed by atoms with Crippen molar-refractivity contribution in [1.82, 2.24) is 9.97 Å². The summed E-state index contributed by atoms with van der Waals surface area (Å²) in [5.41, 5.74) is 6.94. The number of carbonyl (C=O) groups is 4. The molecular weight excluding hydrogens is 635 g/mol. The van der Waals surface area contributed by atoms with Crippen molar-refractivity contribution >= 4 is 58.0 Å². The molecule has 244 valence electrons. The molecule has 0 saturated heterocycles. The lowest BCUT2D eigenvalue weighted by Gasteiger charge is -2.21. The van der Waals surface area contributed by atoms with Gasteiger partial charge >= 0.3 is 0 Å². The van der Waals surface area contributed by atoms with Crippen LogP contribution in [-0.4, -0.2) is 33.3 Å². The zero-order chi connectivity index (χ0) is 34.1. The molecule has 2 N–H and O–H groups in total. The minimum Gasteiger partial charge on any atom is -0.319 e. The number of halogens is 2. The molecule has 2 aromatic heterocycles. The molecule has 0 aliphatic carbocycles. The highest BCUT2D eigenvalue weighted by molar-refractivity contribution is 6.42. The van der Waals surface area contributed by atoms with Crippen molar-refractivity contribution in [1.29, 1.82) is 0 Å². The second kappa shape index (κ2) is 16.4. The van der Waals surface area contributed by atoms with E-state index in [2.05, 4.69) is 20.6 Å². The third kappa shape index (κ3) is 8.50. The van der Waals surface area contributed by atoms with Crippen molar-refractivity contribution in [3.63, 3.8) is 0 Å². The summed E-state index contributed by atoms with van der Waals surface area (Å²) >= 11 is 14.0. The molecule has 0 bridgehead atoms. The summed E-state index contributed by atoms with van der Waals surface area (Å²) in [6.45, 7) is 7.84. The molecule has 0 unspecified atom stereocenters. The number of pyridine rings is 2. The first-order valence-corrected chi connectivity index (χ1v) is 16.5. The van der Waals surface area contributed by atoms with Crippen LogP contribution in [0.3, 0.4) is 0 Å². The Balaban J connectivity index is 1.62. The third-order valence-corrected chi connectivity index (χ3v) is 8.95. The van der Waals surface area contributed by atoms with Crippen molar-refractivity contribution in [2.45, 2.75) is 72.6 Å². The first kappa shape index (κ1) is 35.5. The monoisotopic (exact) mass is 672 g/mol. The standard InChI is InChI=1S/C37H38Cl2N4O4/c1-5-22-17-24(32(38)28(7-3)34(22)42-36(46)30(44)20-26-13-9-11-15-40-26)19-25-18-23(6-2)35(29(8-4)33(25)39)43-37(47)31(45)21-27-14-10-12-16-41-27/h9-18H,5-8,19-21H2,1-4H3,(H,42,46)(H,43,47). The van der Waals surface area contributed by atoms with Crippen LogP contribution in [0, 0.1) is 0 Å². The van der Waals surface area contributed by atoms with Gasteiger partial charge < -0.3 is 10.6 Å². The molecule has 4 aromatic rings. The van der Waals surface area contributed by atoms with Gasteiger partial charge in [0.1, 0.15) is 0 Å². The largest absolute Gasteiger partial charge is 0.319 e. The number of hydrogen-bond acceptors (Lipinski definition) is 6. The number of hydrogen-bond donors (Lipinski definition) is 2. The molecule has 2 aromatic carbocycles. The van der Waals surface area contributed by atoms with E-state index in [9.17, 15) is 19.2 Å². The highest BCUT2D eigenvalue weighted by Gasteiger charge is 2.24. The van der Waals surface area contributed by atoms with E-state index in [1.54, 1.807) is 48.8 Å². The van der Waals surface area contributed by atoms with Gasteiger partial charge in [-0.1, -0.05) is 75.2 Å². The number of amides is 2. The van der Waals surface area contributed by atoms with Gasteiger partial charge in [-0.2, -0.15) is 0 Å². The van der Waals surface area contributed by atoms with E-state index < -0.39 is 23.4 Å². The zero-order valence-corrected chi connectivity index (χ0v) is 28.5. The van der Waals surface area contributed by atoms with Crippen molar-refractivity contribution < 1.29 is 19.2 Å². The quantitative estimate of drug-likeness (QED) is 0.138. The number of benzene rings is 2. The van der Waals surface area contributed by atoms with Crippen LogP contribution in [0.25, 0.3) is 0 Å². The van der Waals surface area contributed by atoms with Gasteiger partial charge in [-0.15, -0.1) is 0 Å². The predicted octanol–water partition coefficient (Wildman–Crippen LogP) is 7.12. The minimum atomic E-state index is -0.719. The Morgan fingerprint density at radius 1 is 0.596 bits per heavy atom. The summed E-state index contributed by atoms with van der Waals surface area (Å²) in [5.74, 6) is -2.62. The summed E-state index contributed by atoms with van der Waals surface area (Å²) < 4.78 is 0. The smallest absolute Gasteiger partial charge is 0.292 e. The van der Waals surface area contributed by atoms with Crippen LogP contribution in [0.15, 0.2) is 60.9 Å². The predicted molar refractivity (Wildman–Crippen MR) is 186 cm³/mol. The van der Waals surface area contributed by atoms with Crippen LogP contribution >= 0.6 is 23.2 Å². The first-order valence-electron chi connectivity index (χ1n) is 15.8. The number of aromatic nitrogens is 2. The highest BCUT2D eigenvalue weighted by Crippen LogP contribution is 2.38. The SMILES string of the molecule is CCc1cc(Cc2cc(CC)c(NC(=O)C(=O)Cc3ccccn3)c(CC)c2Cl)c(Cl)c(CC)c1NC(=O)C(=O)Cc1ccccn1. The lowest BCUT2D eigenvalue weighted by molar-refractivity contribution is -0.134. The van der Waals surface area contributed by atoms with Crippen LogP contribution < -0.4 is 10.6 Å². The Morgan fingerprint density at radius 2 is 1.00 bits per heavy atom. The number of ketones is 2. The number of rotatable bonds is 14. The molecule has 0 spiro atoms. The van der Waals surface area contributed by atoms with E-state index in [-0.39, 0.29) is 12.8 Å². The number of carbonyl (C=O) groups excluding carboxylic acids is 4. The fraction of sp³-hybridized carbons (Fsp3) is 0.297. The topological polar surface area (TPSA) is 118 Å². The molecule has 10 heteroatoms. The lowest BCUT2D eigenvalue weighted by Crippen LogP contribution is -2.26. The molecule has 47 heavy (non-hydrogen) atoms. The fourth-order valence-corrected chi connectivity index (χ4v) is 6.24. The van der Waals surface area contributed by atoms with Crippen LogP contribution in [0.2, 0.25) is 10.0 Å². The van der Waals surface area contributed by atoms with E-state index in [0.29, 0.717) is 64.9 Å². The van der Waals surface area contributed by atoms with Gasteiger partial charge in [-0.25, -0.2) is 0 Å². The molecule has 2 heterocycles. The van der Waals surface area contributed by atoms with Crippen molar-refractivity contribution in [2.75, 3.05) is 10.6 Å². The Labute approximate surface area is 285 Å². The summed E-state index contributed by atoms with van der Waals surface area (Å²) in [4.78, 5) is 59.7. The van der Waals surface area contributed by atoms with E-state index in [4.69, 9.17) is 23.2 Å². The first-order chi connectivity index (χ1) is 22.6. The number of aryl methyl sites for hydroxylation is 2. The van der Waals surface area contributed by atoms with Crippen LogP contribution in [0.1, 0.15) is 72.5 Å². The van der Waals surface area contributed by atoms with Gasteiger partial charge in [-0.05, 0) is 83.3 Å². The molecule has 4 rings (SSSR count). The molecule has 0 aliphatic rings. The second-order valence-electron chi connectivity index (χ2n) is 11.1. The summed E-state index contributed by atoms with van der Waals surface area (Å²) in [7, 11) is 0. The molecule has 2 amide bonds. The zero-order valence-electron chi connectivity index (χ0n) is 27.0. The molecular formula is C37H38Cl2N4O4. The highest BCUT2D eigenvalue weighted by atomic mass is 35.5. The van der Waals surface area contributed by atoms with E-state index in [1.807, 2.05) is 39.8 Å². The Hall–Kier alpha value is -4.40. The number of nitrogens with one attached hydrogen (secondary N) is 2. The number of nitrogens with zero attached hydrogens (tertiary/aromatic N) is 2. The van der Waals surface area contributed by atoms with Crippen molar-refractivity contribution in [3.05, 3.63) is 116 Å². The third-order valence-electron chi connectivity index (χ3n) is 8.01. The van der Waals surface area contributed by atoms with E-state index in [1.165, 1.54) is 0 Å². The lowest BCUT2D eigenvalue weighted by atomic mass is 9.92. The average Bonchev–Trinajstić information content (AvgIpc) is 3.08. The van der Waals surface area contributed by atoms with Crippen LogP contribution in [0.5, 0.6) is 0 Å². The average molecular weight is 674 g/mol. The van der Waals surface area contributed by atoms with Gasteiger partial charge in [0.25, 0.3) is 11.8 Å². The molecule has 0 aliphatic heterocycles. The number of Topliss-reactive ketones (excluding diaryl/α,β-unsaturated/α-hetero) is 2. The normalized spacial score (nSPS) is 10.9. The fourth-order valence-electron chi connectivity index (χ4n) is 5.54. The Kier molecular flexibility index (Phi) is 12.4. The maximum absolute atomic E-state index is 13.0. The number of anilines is 2. The van der Waals surface area contributed by atoms with Crippen LogP contribution in [0.4, 0.5) is 11.4 Å². The molecule has 0 fully saturated rings. The van der Waals surface area contributed by atoms with Gasteiger partial charge in [0.05, 0.1) is 12.8 Å². The second-order valence-corrected chi connectivity index (χ2v) is 11.8. The Bertz CT molecular complexity index is 1660. The maximum Gasteiger partial charge on any atom is 0.292 e. The Morgan fingerprint density at radius 3 is 1.32 bits per heavy atom. The maximum atomic E-state index is 13.0. The summed E-state index contributed by atoms with van der Waals surface area (Å²) in [6.07, 6.45) is 5.58. The molecule has 8 nitrogen and oxygen atoms in total. The van der Waals surface area contributed by atoms with Gasteiger partial charge in [0.15, 0.2) is 0 Å². The summed E-state index contributed by atoms with van der Waals surface area (Å²) in [6, 6.07) is 14.3. The van der Waals surface area contributed by atoms with Crippen molar-refractivity contribution in [2.24, 2.45) is 0 Å². The van der Waals surface area contributed by atoms with Gasteiger partial charge in [-0.3, -0.25) is 29.1 Å². The summed E-state index contributed by atoms with van der Waals surface area (Å²) in [5, 5.41) is 6.64. The molecule has 0 radical (unpaired) electrons. The van der Waals surface area contributed by atoms with Gasteiger partial charge in [0, 0.05) is 51.6 Å². The molecule has 0 saturated carbocycles. The van der Waals surface area contributed by atoms with Crippen molar-refractivity contribution in [3.8, 4) is 0 Å². The van der Waals surface area contributed by atoms with E-state index >= 15 is 0 Å².